The van der Waals surface area contributed by atoms with Gasteiger partial charge in [0.15, 0.2) is 0 Å². The highest BCUT2D eigenvalue weighted by atomic mass is 16.2. The van der Waals surface area contributed by atoms with Crippen molar-refractivity contribution in [1.29, 1.82) is 0 Å². The Hall–Kier alpha value is -0.570. The Morgan fingerprint density at radius 1 is 1.78 bits per heavy atom. The van der Waals surface area contributed by atoms with E-state index in [1.54, 1.807) is 4.90 Å². The van der Waals surface area contributed by atoms with Crippen molar-refractivity contribution in [2.75, 3.05) is 20.1 Å². The monoisotopic (exact) mass is 128 g/mol. The van der Waals surface area contributed by atoms with Gasteiger partial charge in [-0.25, -0.2) is 0 Å². The molecule has 0 aliphatic carbocycles. The van der Waals surface area contributed by atoms with Crippen molar-refractivity contribution < 1.29 is 4.79 Å². The average Bonchev–Trinajstić information content (AvgIpc) is 1.83. The van der Waals surface area contributed by atoms with Crippen LogP contribution in [0.3, 0.4) is 0 Å². The summed E-state index contributed by atoms with van der Waals surface area (Å²) in [5, 5.41) is 3.07. The topological polar surface area (TPSA) is 32.3 Å². The molecule has 1 atom stereocenters. The Kier molecular flexibility index (Phi) is 1.71. The Balaban J connectivity index is 2.52. The van der Waals surface area contributed by atoms with E-state index in [4.69, 9.17) is 0 Å². The van der Waals surface area contributed by atoms with Crippen molar-refractivity contribution in [3.05, 3.63) is 0 Å². The van der Waals surface area contributed by atoms with Crippen molar-refractivity contribution in [3.63, 3.8) is 0 Å². The van der Waals surface area contributed by atoms with Crippen LogP contribution in [0.2, 0.25) is 0 Å². The fraction of sp³-hybridized carbons (Fsp3) is 0.833. The summed E-state index contributed by atoms with van der Waals surface area (Å²) in [6, 6.07) is 0.0174. The normalized spacial score (nSPS) is 28.9. The summed E-state index contributed by atoms with van der Waals surface area (Å²) >= 11 is 0. The number of likely N-dealkylation sites (N-methyl/N-ethyl adjacent to an activating group) is 1. The van der Waals surface area contributed by atoms with Gasteiger partial charge in [0.2, 0.25) is 5.91 Å². The molecule has 1 rings (SSSR count). The highest BCUT2D eigenvalue weighted by Crippen LogP contribution is 1.95. The Bertz CT molecular complexity index is 112. The second-order valence-corrected chi connectivity index (χ2v) is 2.44. The third-order valence-electron chi connectivity index (χ3n) is 1.64. The van der Waals surface area contributed by atoms with Gasteiger partial charge in [-0.1, -0.05) is 0 Å². The number of carbonyl (C=O) groups is 1. The smallest absolute Gasteiger partial charge is 0.239 e. The maximum atomic E-state index is 11.0. The predicted octanol–water partition coefficient (Wildman–Crippen LogP) is -0.563. The zero-order chi connectivity index (χ0) is 6.85. The number of nitrogens with zero attached hydrogens (tertiary/aromatic N) is 1. The van der Waals surface area contributed by atoms with Gasteiger partial charge in [-0.3, -0.25) is 4.79 Å². The van der Waals surface area contributed by atoms with Crippen LogP contribution in [0.4, 0.5) is 0 Å². The molecule has 9 heavy (non-hydrogen) atoms. The van der Waals surface area contributed by atoms with Crippen molar-refractivity contribution >= 4 is 5.91 Å². The molecule has 1 amide bonds. The molecule has 1 N–H and O–H groups in total. The number of amides is 1. The third-order valence-corrected chi connectivity index (χ3v) is 1.64. The molecule has 0 aromatic rings. The first-order chi connectivity index (χ1) is 4.22. The molecule has 0 aromatic carbocycles. The van der Waals surface area contributed by atoms with Crippen molar-refractivity contribution in [2.45, 2.75) is 13.0 Å². The molecule has 0 saturated carbocycles. The molecule has 0 aromatic heterocycles. The lowest BCUT2D eigenvalue weighted by Gasteiger charge is -2.27. The van der Waals surface area contributed by atoms with Crippen LogP contribution >= 0.6 is 0 Å². The molecular weight excluding hydrogens is 116 g/mol. The van der Waals surface area contributed by atoms with E-state index in [1.165, 1.54) is 0 Å². The average molecular weight is 128 g/mol. The molecule has 1 heterocycles. The number of hydrogen-bond donors (Lipinski definition) is 1. The van der Waals surface area contributed by atoms with E-state index in [1.807, 2.05) is 14.0 Å². The van der Waals surface area contributed by atoms with Crippen LogP contribution in [-0.4, -0.2) is 37.0 Å². The van der Waals surface area contributed by atoms with Gasteiger partial charge >= 0.3 is 0 Å². The maximum Gasteiger partial charge on any atom is 0.239 e. The zero-order valence-corrected chi connectivity index (χ0v) is 5.85. The molecule has 3 nitrogen and oxygen atoms in total. The first kappa shape index (κ1) is 6.55. The zero-order valence-electron chi connectivity index (χ0n) is 5.85. The number of rotatable bonds is 0. The van der Waals surface area contributed by atoms with Crippen LogP contribution in [0.15, 0.2) is 0 Å². The van der Waals surface area contributed by atoms with Gasteiger partial charge in [-0.15, -0.1) is 0 Å². The molecule has 0 bridgehead atoms. The van der Waals surface area contributed by atoms with E-state index in [0.29, 0.717) is 0 Å². The summed E-state index contributed by atoms with van der Waals surface area (Å²) < 4.78 is 0. The number of carbonyl (C=O) groups excluding carboxylic acids is 1. The molecule has 52 valence electrons. The van der Waals surface area contributed by atoms with E-state index in [9.17, 15) is 4.79 Å². The number of hydrogen-bond acceptors (Lipinski definition) is 2. The molecule has 0 spiro atoms. The van der Waals surface area contributed by atoms with E-state index >= 15 is 0 Å². The summed E-state index contributed by atoms with van der Waals surface area (Å²) in [5.41, 5.74) is 0. The van der Waals surface area contributed by atoms with E-state index in [2.05, 4.69) is 5.32 Å². The Morgan fingerprint density at radius 3 is 2.89 bits per heavy atom. The first-order valence-electron chi connectivity index (χ1n) is 3.20. The minimum Gasteiger partial charge on any atom is -0.343 e. The van der Waals surface area contributed by atoms with Crippen LogP contribution < -0.4 is 5.32 Å². The largest absolute Gasteiger partial charge is 0.343 e. The molecular formula is C6H12N2O. The minimum absolute atomic E-state index is 0.0174. The Labute approximate surface area is 55.0 Å². The lowest BCUT2D eigenvalue weighted by atomic mass is 10.2. The van der Waals surface area contributed by atoms with Gasteiger partial charge in [-0.2, -0.15) is 0 Å². The quantitative estimate of drug-likeness (QED) is 0.474. The second-order valence-electron chi connectivity index (χ2n) is 2.44. The molecule has 1 saturated heterocycles. The highest BCUT2D eigenvalue weighted by Gasteiger charge is 2.20. The molecule has 1 fully saturated rings. The standard InChI is InChI=1S/C6H12N2O/c1-5-6(9)8(2)4-3-7-5/h5,7H,3-4H2,1-2H3/t5-/m1/s1. The van der Waals surface area contributed by atoms with Crippen LogP contribution in [0.5, 0.6) is 0 Å². The minimum atomic E-state index is 0.0174. The van der Waals surface area contributed by atoms with Gasteiger partial charge < -0.3 is 10.2 Å². The molecule has 1 aliphatic rings. The van der Waals surface area contributed by atoms with Crippen molar-refractivity contribution in [3.8, 4) is 0 Å². The van der Waals surface area contributed by atoms with Gasteiger partial charge in [0.25, 0.3) is 0 Å². The van der Waals surface area contributed by atoms with Gasteiger partial charge in [0.05, 0.1) is 6.04 Å². The lowest BCUT2D eigenvalue weighted by Crippen LogP contribution is -2.51. The van der Waals surface area contributed by atoms with Gasteiger partial charge in [0.1, 0.15) is 0 Å². The van der Waals surface area contributed by atoms with Crippen molar-refractivity contribution in [1.82, 2.24) is 10.2 Å². The SMILES string of the molecule is C[C@H]1NCCN(C)C1=O. The first-order valence-corrected chi connectivity index (χ1v) is 3.20. The Morgan fingerprint density at radius 2 is 2.44 bits per heavy atom. The summed E-state index contributed by atoms with van der Waals surface area (Å²) in [6.07, 6.45) is 0. The molecule has 0 unspecified atom stereocenters. The van der Waals surface area contributed by atoms with Crippen LogP contribution in [-0.2, 0) is 4.79 Å². The fourth-order valence-electron chi connectivity index (χ4n) is 0.977. The lowest BCUT2D eigenvalue weighted by molar-refractivity contribution is -0.133. The van der Waals surface area contributed by atoms with Gasteiger partial charge in [-0.05, 0) is 6.92 Å². The summed E-state index contributed by atoms with van der Waals surface area (Å²) in [4.78, 5) is 12.7. The maximum absolute atomic E-state index is 11.0. The number of piperazine rings is 1. The molecule has 0 radical (unpaired) electrons. The molecule has 1 aliphatic heterocycles. The fourth-order valence-corrected chi connectivity index (χ4v) is 0.977. The van der Waals surface area contributed by atoms with E-state index in [-0.39, 0.29) is 11.9 Å². The van der Waals surface area contributed by atoms with Crippen LogP contribution in [0, 0.1) is 0 Å². The van der Waals surface area contributed by atoms with Crippen molar-refractivity contribution in [2.24, 2.45) is 0 Å². The van der Waals surface area contributed by atoms with E-state index in [0.717, 1.165) is 13.1 Å². The predicted molar refractivity (Wildman–Crippen MR) is 35.1 cm³/mol. The molecule has 3 heteroatoms. The van der Waals surface area contributed by atoms with Gasteiger partial charge in [0, 0.05) is 20.1 Å². The van der Waals surface area contributed by atoms with Crippen LogP contribution in [0.25, 0.3) is 0 Å². The summed E-state index contributed by atoms with van der Waals surface area (Å²) in [5.74, 6) is 0.196. The number of nitrogens with one attached hydrogen (secondary N) is 1. The summed E-state index contributed by atoms with van der Waals surface area (Å²) in [7, 11) is 1.83. The van der Waals surface area contributed by atoms with E-state index < -0.39 is 0 Å². The summed E-state index contributed by atoms with van der Waals surface area (Å²) in [6.45, 7) is 3.64. The van der Waals surface area contributed by atoms with Crippen LogP contribution in [0.1, 0.15) is 6.92 Å². The third kappa shape index (κ3) is 1.21. The highest BCUT2D eigenvalue weighted by molar-refractivity contribution is 5.81. The second kappa shape index (κ2) is 2.35.